The maximum absolute atomic E-state index is 12.6. The third-order valence-corrected chi connectivity index (χ3v) is 4.88. The molecule has 2 aliphatic rings. The molecule has 2 saturated heterocycles. The molecule has 0 spiro atoms. The lowest BCUT2D eigenvalue weighted by atomic mass is 10.1. The van der Waals surface area contributed by atoms with E-state index in [4.69, 9.17) is 14.2 Å². The van der Waals surface area contributed by atoms with Crippen molar-refractivity contribution in [3.63, 3.8) is 0 Å². The predicted molar refractivity (Wildman–Crippen MR) is 97.4 cm³/mol. The second-order valence-electron chi connectivity index (χ2n) is 6.75. The molecule has 0 saturated carbocycles. The molecule has 27 heavy (non-hydrogen) atoms. The molecule has 2 aromatic heterocycles. The van der Waals surface area contributed by atoms with Crippen molar-refractivity contribution in [2.75, 3.05) is 18.5 Å². The fraction of sp³-hybridized carbons (Fsp3) is 0.667. The summed E-state index contributed by atoms with van der Waals surface area (Å²) in [4.78, 5) is 12.8. The molecule has 148 valence electrons. The summed E-state index contributed by atoms with van der Waals surface area (Å²) >= 11 is 1.91. The van der Waals surface area contributed by atoms with Gasteiger partial charge in [0.05, 0.1) is 19.5 Å². The number of ether oxygens (including phenoxy) is 3. The number of alkyl halides is 2. The van der Waals surface area contributed by atoms with E-state index in [-0.39, 0.29) is 12.4 Å². The first-order valence-electron chi connectivity index (χ1n) is 8.33. The molecule has 0 aromatic carbocycles. The van der Waals surface area contributed by atoms with E-state index in [9.17, 15) is 13.9 Å². The maximum atomic E-state index is 12.6. The lowest BCUT2D eigenvalue weighted by molar-refractivity contribution is -0.199. The number of aliphatic hydroxyl groups is 1. The summed E-state index contributed by atoms with van der Waals surface area (Å²) in [6.45, 7) is 2.81. The average molecular weight is 497 g/mol. The number of aromatic nitrogens is 4. The van der Waals surface area contributed by atoms with Crippen LogP contribution in [0, 0.1) is 3.83 Å². The topological polar surface area (TPSA) is 104 Å². The van der Waals surface area contributed by atoms with Gasteiger partial charge in [0.25, 0.3) is 6.43 Å². The number of hydrogen-bond donors (Lipinski definition) is 2. The summed E-state index contributed by atoms with van der Waals surface area (Å²) in [5.41, 5.74) is 0.767. The molecular weight excluding hydrogens is 479 g/mol. The number of nitrogens with zero attached hydrogens (tertiary/aromatic N) is 4. The van der Waals surface area contributed by atoms with Crippen LogP contribution in [-0.4, -0.2) is 68.3 Å². The fourth-order valence-electron chi connectivity index (χ4n) is 3.40. The minimum Gasteiger partial charge on any atom is -0.394 e. The molecule has 4 heterocycles. The molecule has 2 aliphatic heterocycles. The van der Waals surface area contributed by atoms with Crippen LogP contribution in [0.3, 0.4) is 0 Å². The number of imidazole rings is 1. The number of fused-ring (bicyclic) bond motifs is 2. The highest BCUT2D eigenvalue weighted by Crippen LogP contribution is 2.43. The summed E-state index contributed by atoms with van der Waals surface area (Å²) in [6, 6.07) is 0. The van der Waals surface area contributed by atoms with Gasteiger partial charge in [-0.1, -0.05) is 0 Å². The van der Waals surface area contributed by atoms with Gasteiger partial charge >= 0.3 is 0 Å². The Hall–Kier alpha value is -1.22. The average Bonchev–Trinajstić information content (AvgIpc) is 3.22. The van der Waals surface area contributed by atoms with Gasteiger partial charge in [0.1, 0.15) is 18.3 Å². The van der Waals surface area contributed by atoms with Gasteiger partial charge < -0.3 is 24.6 Å². The number of aliphatic hydroxyl groups excluding tert-OH is 1. The normalized spacial score (nSPS) is 29.6. The minimum atomic E-state index is -2.52. The van der Waals surface area contributed by atoms with E-state index in [1.807, 2.05) is 22.6 Å². The molecule has 12 heteroatoms. The Labute approximate surface area is 166 Å². The molecule has 0 bridgehead atoms. The molecule has 2 aromatic rings. The maximum Gasteiger partial charge on any atom is 0.255 e. The lowest BCUT2D eigenvalue weighted by Gasteiger charge is -2.24. The van der Waals surface area contributed by atoms with Gasteiger partial charge in [-0.2, -0.15) is 0 Å². The van der Waals surface area contributed by atoms with Crippen LogP contribution in [0.2, 0.25) is 0 Å². The summed E-state index contributed by atoms with van der Waals surface area (Å²) in [5, 5.41) is 12.2. The zero-order chi connectivity index (χ0) is 19.3. The van der Waals surface area contributed by atoms with E-state index >= 15 is 0 Å². The van der Waals surface area contributed by atoms with E-state index in [0.717, 1.165) is 0 Å². The quantitative estimate of drug-likeness (QED) is 0.474. The van der Waals surface area contributed by atoms with Crippen molar-refractivity contribution in [3.8, 4) is 0 Å². The molecule has 2 N–H and O–H groups in total. The van der Waals surface area contributed by atoms with Gasteiger partial charge in [0, 0.05) is 22.6 Å². The summed E-state index contributed by atoms with van der Waals surface area (Å²) < 4.78 is 44.9. The zero-order valence-corrected chi connectivity index (χ0v) is 16.6. The Kier molecular flexibility index (Phi) is 4.95. The van der Waals surface area contributed by atoms with Crippen LogP contribution in [-0.2, 0) is 14.2 Å². The number of anilines is 1. The van der Waals surface area contributed by atoms with Crippen molar-refractivity contribution in [3.05, 3.63) is 10.2 Å². The molecule has 0 aliphatic carbocycles. The SMILES string of the molecule is CC1(C)O[C@@H]2[C@H](O1)[C@@H](CO)O[C@H]2n1cnc2c(NCC(F)F)nc(I)nc21. The van der Waals surface area contributed by atoms with Gasteiger partial charge in [0.2, 0.25) is 0 Å². The standard InChI is InChI=1S/C15H18F2IN5O4/c1-15(2)26-9-6(4-24)25-13(10(9)27-15)23-5-20-8-11(19-3-7(16)17)21-14(18)22-12(8)23/h5-7,9-10,13,24H,3-4H2,1-2H3,(H,19,21,22)/t6-,9-,10-,13-/m1/s1. The molecular formula is C15H18F2IN5O4. The summed E-state index contributed by atoms with van der Waals surface area (Å²) in [5.74, 6) is -0.588. The molecule has 0 unspecified atom stereocenters. The largest absolute Gasteiger partial charge is 0.394 e. The van der Waals surface area contributed by atoms with E-state index in [1.54, 1.807) is 18.4 Å². The van der Waals surface area contributed by atoms with Crippen molar-refractivity contribution in [1.82, 2.24) is 19.5 Å². The van der Waals surface area contributed by atoms with Crippen molar-refractivity contribution >= 4 is 39.6 Å². The third-order valence-electron chi connectivity index (χ3n) is 4.40. The summed E-state index contributed by atoms with van der Waals surface area (Å²) in [6.07, 6.45) is -3.13. The van der Waals surface area contributed by atoms with Crippen LogP contribution in [0.5, 0.6) is 0 Å². The Morgan fingerprint density at radius 2 is 2.07 bits per heavy atom. The van der Waals surface area contributed by atoms with Gasteiger partial charge in [0.15, 0.2) is 32.8 Å². The number of rotatable bonds is 5. The van der Waals surface area contributed by atoms with Gasteiger partial charge in [-0.3, -0.25) is 4.57 Å². The van der Waals surface area contributed by atoms with Crippen molar-refractivity contribution < 1.29 is 28.1 Å². The van der Waals surface area contributed by atoms with E-state index < -0.39 is 43.3 Å². The first kappa shape index (κ1) is 19.1. The Bertz CT molecular complexity index is 851. The van der Waals surface area contributed by atoms with Crippen LogP contribution in [0.4, 0.5) is 14.6 Å². The van der Waals surface area contributed by atoms with Gasteiger partial charge in [-0.05, 0) is 13.8 Å². The molecule has 2 fully saturated rings. The minimum absolute atomic E-state index is 0.223. The molecule has 4 atom stereocenters. The summed E-state index contributed by atoms with van der Waals surface area (Å²) in [7, 11) is 0. The first-order valence-corrected chi connectivity index (χ1v) is 9.41. The van der Waals surface area contributed by atoms with Crippen LogP contribution < -0.4 is 5.32 Å². The van der Waals surface area contributed by atoms with Crippen LogP contribution in [0.1, 0.15) is 20.1 Å². The first-order chi connectivity index (χ1) is 12.8. The van der Waals surface area contributed by atoms with Gasteiger partial charge in [-0.15, -0.1) is 0 Å². The smallest absolute Gasteiger partial charge is 0.255 e. The van der Waals surface area contributed by atoms with E-state index in [1.165, 1.54) is 6.33 Å². The molecule has 0 radical (unpaired) electrons. The highest BCUT2D eigenvalue weighted by molar-refractivity contribution is 14.1. The Balaban J connectivity index is 1.72. The predicted octanol–water partition coefficient (Wildman–Crippen LogP) is 1.52. The van der Waals surface area contributed by atoms with E-state index in [0.29, 0.717) is 15.0 Å². The molecule has 4 rings (SSSR count). The van der Waals surface area contributed by atoms with Crippen LogP contribution in [0.25, 0.3) is 11.2 Å². The number of halogens is 3. The lowest BCUT2D eigenvalue weighted by Crippen LogP contribution is -2.31. The fourth-order valence-corrected chi connectivity index (χ4v) is 3.87. The van der Waals surface area contributed by atoms with Crippen molar-refractivity contribution in [1.29, 1.82) is 0 Å². The monoisotopic (exact) mass is 497 g/mol. The van der Waals surface area contributed by atoms with Crippen LogP contribution in [0.15, 0.2) is 6.33 Å². The highest BCUT2D eigenvalue weighted by atomic mass is 127. The molecule has 0 amide bonds. The zero-order valence-electron chi connectivity index (χ0n) is 14.5. The Morgan fingerprint density at radius 3 is 2.78 bits per heavy atom. The third kappa shape index (κ3) is 3.48. The number of hydrogen-bond acceptors (Lipinski definition) is 8. The van der Waals surface area contributed by atoms with Crippen molar-refractivity contribution in [2.45, 2.75) is 50.6 Å². The van der Waals surface area contributed by atoms with Crippen LogP contribution >= 0.6 is 22.6 Å². The van der Waals surface area contributed by atoms with Crippen molar-refractivity contribution in [2.24, 2.45) is 0 Å². The second kappa shape index (κ2) is 6.99. The Morgan fingerprint density at radius 1 is 1.33 bits per heavy atom. The molecule has 9 nitrogen and oxygen atoms in total. The number of nitrogens with one attached hydrogen (secondary N) is 1. The highest BCUT2D eigenvalue weighted by Gasteiger charge is 2.56. The van der Waals surface area contributed by atoms with Gasteiger partial charge in [-0.25, -0.2) is 23.7 Å². The second-order valence-corrected chi connectivity index (χ2v) is 7.71. The van der Waals surface area contributed by atoms with E-state index in [2.05, 4.69) is 20.3 Å².